The number of amides is 1. The number of aliphatic hydroxyl groups excluding tert-OH is 1. The summed E-state index contributed by atoms with van der Waals surface area (Å²) < 4.78 is 14.3. The summed E-state index contributed by atoms with van der Waals surface area (Å²) in [5.41, 5.74) is -0.209. The van der Waals surface area contributed by atoms with Gasteiger partial charge in [-0.05, 0) is 31.0 Å². The van der Waals surface area contributed by atoms with Crippen LogP contribution in [0.2, 0.25) is 0 Å². The number of benzene rings is 1. The van der Waals surface area contributed by atoms with Gasteiger partial charge in [-0.2, -0.15) is 0 Å². The maximum atomic E-state index is 13.6. The third-order valence-electron chi connectivity index (χ3n) is 4.05. The fourth-order valence-electron chi connectivity index (χ4n) is 2.73. The van der Waals surface area contributed by atoms with E-state index in [0.29, 0.717) is 11.0 Å². The normalized spacial score (nSPS) is 17.8. The third kappa shape index (κ3) is 3.58. The second kappa shape index (κ2) is 6.68. The molecule has 0 spiro atoms. The predicted octanol–water partition coefficient (Wildman–Crippen LogP) is 3.26. The minimum Gasteiger partial charge on any atom is -0.396 e. The molecule has 2 N–H and O–H groups in total. The van der Waals surface area contributed by atoms with E-state index in [1.807, 2.05) is 0 Å². The summed E-state index contributed by atoms with van der Waals surface area (Å²) in [5, 5.41) is 12.4. The van der Waals surface area contributed by atoms with Crippen molar-refractivity contribution in [2.24, 2.45) is 5.41 Å². The summed E-state index contributed by atoms with van der Waals surface area (Å²) >= 11 is 3.23. The summed E-state index contributed by atoms with van der Waals surface area (Å²) in [6, 6.07) is 4.29. The van der Waals surface area contributed by atoms with E-state index in [9.17, 15) is 14.3 Å². The Bertz CT molecular complexity index is 487. The largest absolute Gasteiger partial charge is 0.396 e. The summed E-state index contributed by atoms with van der Waals surface area (Å²) in [6.45, 7) is 0.461. The molecule has 20 heavy (non-hydrogen) atoms. The molecule has 3 nitrogen and oxygen atoms in total. The van der Waals surface area contributed by atoms with Crippen LogP contribution in [0.4, 0.5) is 4.39 Å². The lowest BCUT2D eigenvalue weighted by molar-refractivity contribution is 0.0716. The Labute approximate surface area is 126 Å². The first kappa shape index (κ1) is 15.4. The van der Waals surface area contributed by atoms with E-state index in [2.05, 4.69) is 21.2 Å². The summed E-state index contributed by atoms with van der Waals surface area (Å²) in [6.07, 6.45) is 5.13. The minimum atomic E-state index is -0.535. The van der Waals surface area contributed by atoms with Crippen LogP contribution in [-0.4, -0.2) is 24.2 Å². The van der Waals surface area contributed by atoms with Gasteiger partial charge in [0.2, 0.25) is 0 Å². The lowest BCUT2D eigenvalue weighted by Gasteiger charge is -2.35. The van der Waals surface area contributed by atoms with Crippen LogP contribution in [0.25, 0.3) is 0 Å². The van der Waals surface area contributed by atoms with Crippen molar-refractivity contribution < 1.29 is 14.3 Å². The maximum absolute atomic E-state index is 13.6. The van der Waals surface area contributed by atoms with Crippen LogP contribution in [0.15, 0.2) is 22.7 Å². The van der Waals surface area contributed by atoms with Gasteiger partial charge in [0.1, 0.15) is 5.82 Å². The molecule has 0 radical (unpaired) electrons. The van der Waals surface area contributed by atoms with Gasteiger partial charge in [0.05, 0.1) is 12.2 Å². The molecule has 0 aromatic heterocycles. The molecule has 1 aliphatic rings. The first-order valence-electron chi connectivity index (χ1n) is 6.90. The summed E-state index contributed by atoms with van der Waals surface area (Å²) in [4.78, 5) is 12.1. The van der Waals surface area contributed by atoms with Crippen molar-refractivity contribution in [1.82, 2.24) is 5.32 Å². The molecular formula is C15H19BrFNO2. The van der Waals surface area contributed by atoms with Gasteiger partial charge in [-0.15, -0.1) is 0 Å². The molecule has 0 aliphatic heterocycles. The van der Waals surface area contributed by atoms with E-state index >= 15 is 0 Å². The fraction of sp³-hybridized carbons (Fsp3) is 0.533. The molecule has 1 saturated carbocycles. The van der Waals surface area contributed by atoms with Gasteiger partial charge in [-0.3, -0.25) is 4.79 Å². The lowest BCUT2D eigenvalue weighted by Crippen LogP contribution is -2.41. The smallest absolute Gasteiger partial charge is 0.254 e. The molecule has 1 aromatic carbocycles. The highest BCUT2D eigenvalue weighted by atomic mass is 79.9. The molecule has 1 amide bonds. The van der Waals surface area contributed by atoms with E-state index < -0.39 is 11.7 Å². The maximum Gasteiger partial charge on any atom is 0.254 e. The number of carbonyl (C=O) groups excluding carboxylic acids is 1. The molecule has 0 heterocycles. The zero-order valence-electron chi connectivity index (χ0n) is 11.3. The predicted molar refractivity (Wildman–Crippen MR) is 79.0 cm³/mol. The second-order valence-electron chi connectivity index (χ2n) is 5.53. The highest BCUT2D eigenvalue weighted by Crippen LogP contribution is 2.35. The first-order chi connectivity index (χ1) is 9.56. The third-order valence-corrected chi connectivity index (χ3v) is 4.54. The molecule has 1 aliphatic carbocycles. The van der Waals surface area contributed by atoms with Crippen molar-refractivity contribution in [2.75, 3.05) is 13.2 Å². The van der Waals surface area contributed by atoms with Crippen molar-refractivity contribution in [3.63, 3.8) is 0 Å². The van der Waals surface area contributed by atoms with Gasteiger partial charge < -0.3 is 10.4 Å². The van der Waals surface area contributed by atoms with Gasteiger partial charge in [-0.1, -0.05) is 35.2 Å². The Morgan fingerprint density at radius 1 is 1.35 bits per heavy atom. The van der Waals surface area contributed by atoms with Gasteiger partial charge in [0.25, 0.3) is 5.91 Å². The van der Waals surface area contributed by atoms with Crippen LogP contribution in [-0.2, 0) is 0 Å². The van der Waals surface area contributed by atoms with Gasteiger partial charge >= 0.3 is 0 Å². The highest BCUT2D eigenvalue weighted by Gasteiger charge is 2.32. The zero-order valence-corrected chi connectivity index (χ0v) is 12.9. The molecule has 110 valence electrons. The van der Waals surface area contributed by atoms with Crippen LogP contribution in [0.1, 0.15) is 42.5 Å². The Hall–Kier alpha value is -0.940. The SMILES string of the molecule is O=C(NCC1(CO)CCCCC1)c1cc(Br)ccc1F. The molecule has 5 heteroatoms. The van der Waals surface area contributed by atoms with Crippen molar-refractivity contribution in [1.29, 1.82) is 0 Å². The van der Waals surface area contributed by atoms with Crippen LogP contribution >= 0.6 is 15.9 Å². The molecule has 0 saturated heterocycles. The van der Waals surface area contributed by atoms with Crippen LogP contribution in [0.5, 0.6) is 0 Å². The number of halogens is 2. The Kier molecular flexibility index (Phi) is 5.16. The number of nitrogens with one attached hydrogen (secondary N) is 1. The Morgan fingerprint density at radius 3 is 2.70 bits per heavy atom. The number of aliphatic hydroxyl groups is 1. The molecule has 1 fully saturated rings. The van der Waals surface area contributed by atoms with Crippen LogP contribution in [0.3, 0.4) is 0 Å². The molecular weight excluding hydrogens is 325 g/mol. The van der Waals surface area contributed by atoms with Gasteiger partial charge in [-0.25, -0.2) is 4.39 Å². The summed E-state index contributed by atoms with van der Waals surface area (Å²) in [7, 11) is 0. The average Bonchev–Trinajstić information content (AvgIpc) is 2.48. The monoisotopic (exact) mass is 343 g/mol. The van der Waals surface area contributed by atoms with E-state index in [1.54, 1.807) is 6.07 Å². The molecule has 0 unspecified atom stereocenters. The number of carbonyl (C=O) groups is 1. The van der Waals surface area contributed by atoms with Crippen molar-refractivity contribution in [2.45, 2.75) is 32.1 Å². The topological polar surface area (TPSA) is 49.3 Å². The fourth-order valence-corrected chi connectivity index (χ4v) is 3.09. The lowest BCUT2D eigenvalue weighted by atomic mass is 9.74. The Morgan fingerprint density at radius 2 is 2.05 bits per heavy atom. The second-order valence-corrected chi connectivity index (χ2v) is 6.44. The molecule has 0 bridgehead atoms. The standard InChI is InChI=1S/C15H19BrFNO2/c16-11-4-5-13(17)12(8-11)14(20)18-9-15(10-19)6-2-1-3-7-15/h4-5,8,19H,1-3,6-7,9-10H2,(H,18,20). The average molecular weight is 344 g/mol. The van der Waals surface area contributed by atoms with E-state index in [-0.39, 0.29) is 17.6 Å². The molecule has 2 rings (SSSR count). The number of rotatable bonds is 4. The summed E-state index contributed by atoms with van der Waals surface area (Å²) in [5.74, 6) is -0.963. The zero-order chi connectivity index (χ0) is 14.6. The number of hydrogen-bond acceptors (Lipinski definition) is 2. The van der Waals surface area contributed by atoms with E-state index in [0.717, 1.165) is 25.7 Å². The van der Waals surface area contributed by atoms with Crippen molar-refractivity contribution in [3.05, 3.63) is 34.1 Å². The van der Waals surface area contributed by atoms with Crippen LogP contribution < -0.4 is 5.32 Å². The highest BCUT2D eigenvalue weighted by molar-refractivity contribution is 9.10. The van der Waals surface area contributed by atoms with E-state index in [1.165, 1.54) is 18.6 Å². The van der Waals surface area contributed by atoms with Crippen molar-refractivity contribution in [3.8, 4) is 0 Å². The number of hydrogen-bond donors (Lipinski definition) is 2. The minimum absolute atomic E-state index is 0.0308. The van der Waals surface area contributed by atoms with E-state index in [4.69, 9.17) is 0 Å². The van der Waals surface area contributed by atoms with Crippen molar-refractivity contribution >= 4 is 21.8 Å². The first-order valence-corrected chi connectivity index (χ1v) is 7.70. The van der Waals surface area contributed by atoms with Crippen LogP contribution in [0, 0.1) is 11.2 Å². The van der Waals surface area contributed by atoms with Gasteiger partial charge in [0, 0.05) is 16.4 Å². The Balaban J connectivity index is 2.02. The molecule has 0 atom stereocenters. The van der Waals surface area contributed by atoms with Gasteiger partial charge in [0.15, 0.2) is 0 Å². The molecule has 1 aromatic rings. The quantitative estimate of drug-likeness (QED) is 0.881.